The molecule has 2 nitrogen and oxygen atoms in total. The van der Waals surface area contributed by atoms with Gasteiger partial charge < -0.3 is 9.88 Å². The zero-order chi connectivity index (χ0) is 29.3. The number of hydrogen-bond acceptors (Lipinski definition) is 1. The van der Waals surface area contributed by atoms with Crippen molar-refractivity contribution in [1.82, 2.24) is 4.57 Å². The van der Waals surface area contributed by atoms with Gasteiger partial charge in [-0.1, -0.05) is 127 Å². The van der Waals surface area contributed by atoms with Crippen molar-refractivity contribution in [2.24, 2.45) is 0 Å². The summed E-state index contributed by atoms with van der Waals surface area (Å²) in [6, 6.07) is 62.7. The van der Waals surface area contributed by atoms with Gasteiger partial charge in [-0.05, 0) is 81.9 Å². The Kier molecular flexibility index (Phi) is 6.51. The zero-order valence-corrected chi connectivity index (χ0v) is 24.2. The van der Waals surface area contributed by atoms with E-state index in [4.69, 9.17) is 0 Å². The van der Waals surface area contributed by atoms with Crippen molar-refractivity contribution in [2.45, 2.75) is 0 Å². The minimum absolute atomic E-state index is 1.07. The second-order valence-corrected chi connectivity index (χ2v) is 11.1. The fourth-order valence-electron chi connectivity index (χ4n) is 6.18. The number of benzene rings is 7. The summed E-state index contributed by atoms with van der Waals surface area (Å²) in [6.07, 6.45) is 0. The Balaban J connectivity index is 1.00. The van der Waals surface area contributed by atoms with E-state index in [0.717, 1.165) is 11.4 Å². The smallest absolute Gasteiger partial charge is 0.0541 e. The first kappa shape index (κ1) is 25.8. The molecule has 208 valence electrons. The van der Waals surface area contributed by atoms with Crippen molar-refractivity contribution >= 4 is 33.2 Å². The molecule has 1 N–H and O–H groups in total. The summed E-state index contributed by atoms with van der Waals surface area (Å²) in [5.41, 5.74) is 13.0. The minimum Gasteiger partial charge on any atom is -0.356 e. The molecule has 8 rings (SSSR count). The van der Waals surface area contributed by atoms with Gasteiger partial charge in [0.15, 0.2) is 0 Å². The summed E-state index contributed by atoms with van der Waals surface area (Å²) in [4.78, 5) is 0. The molecule has 0 amide bonds. The molecule has 0 aliphatic carbocycles. The van der Waals surface area contributed by atoms with Crippen LogP contribution in [0.25, 0.3) is 60.9 Å². The molecule has 1 aromatic heterocycles. The van der Waals surface area contributed by atoms with E-state index in [9.17, 15) is 0 Å². The van der Waals surface area contributed by atoms with Gasteiger partial charge in [0.1, 0.15) is 0 Å². The molecule has 44 heavy (non-hydrogen) atoms. The van der Waals surface area contributed by atoms with Crippen molar-refractivity contribution in [1.29, 1.82) is 0 Å². The molecule has 0 radical (unpaired) electrons. The maximum absolute atomic E-state index is 3.56. The maximum Gasteiger partial charge on any atom is 0.0541 e. The molecule has 0 aliphatic heterocycles. The van der Waals surface area contributed by atoms with Crippen LogP contribution in [-0.2, 0) is 0 Å². The highest BCUT2D eigenvalue weighted by Crippen LogP contribution is 2.33. The van der Waals surface area contributed by atoms with Crippen molar-refractivity contribution in [3.05, 3.63) is 176 Å². The third kappa shape index (κ3) is 4.83. The maximum atomic E-state index is 3.56. The summed E-state index contributed by atoms with van der Waals surface area (Å²) in [6.45, 7) is 0. The van der Waals surface area contributed by atoms with E-state index in [1.54, 1.807) is 0 Å². The monoisotopic (exact) mass is 562 g/mol. The zero-order valence-electron chi connectivity index (χ0n) is 24.2. The quantitative estimate of drug-likeness (QED) is 0.213. The number of hydrogen-bond donors (Lipinski definition) is 1. The molecular formula is C42H30N2. The van der Waals surface area contributed by atoms with Crippen LogP contribution in [0.5, 0.6) is 0 Å². The summed E-state index contributed by atoms with van der Waals surface area (Å²) in [5.74, 6) is 0. The molecule has 0 aliphatic rings. The number of para-hydroxylation sites is 2. The van der Waals surface area contributed by atoms with Crippen LogP contribution in [0, 0.1) is 0 Å². The fraction of sp³-hybridized carbons (Fsp3) is 0. The molecule has 0 saturated heterocycles. The van der Waals surface area contributed by atoms with Gasteiger partial charge in [-0.25, -0.2) is 0 Å². The lowest BCUT2D eigenvalue weighted by Gasteiger charge is -2.11. The second kappa shape index (κ2) is 11.1. The first-order chi connectivity index (χ1) is 21.8. The van der Waals surface area contributed by atoms with Crippen LogP contribution in [0.4, 0.5) is 11.4 Å². The Morgan fingerprint density at radius 3 is 1.36 bits per heavy atom. The van der Waals surface area contributed by atoms with Crippen LogP contribution in [0.15, 0.2) is 176 Å². The van der Waals surface area contributed by atoms with E-state index in [0.29, 0.717) is 0 Å². The highest BCUT2D eigenvalue weighted by molar-refractivity contribution is 6.09. The van der Waals surface area contributed by atoms with Crippen molar-refractivity contribution in [3.8, 4) is 39.1 Å². The van der Waals surface area contributed by atoms with Gasteiger partial charge >= 0.3 is 0 Å². The van der Waals surface area contributed by atoms with E-state index in [-0.39, 0.29) is 0 Å². The molecule has 0 spiro atoms. The van der Waals surface area contributed by atoms with Gasteiger partial charge in [-0.3, -0.25) is 0 Å². The van der Waals surface area contributed by atoms with Crippen molar-refractivity contribution in [2.75, 3.05) is 5.32 Å². The van der Waals surface area contributed by atoms with Gasteiger partial charge in [0, 0.05) is 27.8 Å². The molecule has 0 unspecified atom stereocenters. The van der Waals surface area contributed by atoms with E-state index in [1.165, 1.54) is 60.9 Å². The Bertz CT molecular complexity index is 2150. The van der Waals surface area contributed by atoms with Gasteiger partial charge in [0.2, 0.25) is 0 Å². The molecule has 0 fully saturated rings. The highest BCUT2D eigenvalue weighted by atomic mass is 15.0. The Morgan fingerprint density at radius 1 is 0.318 bits per heavy atom. The van der Waals surface area contributed by atoms with Crippen LogP contribution < -0.4 is 5.32 Å². The lowest BCUT2D eigenvalue weighted by atomic mass is 10.00. The predicted molar refractivity (Wildman–Crippen MR) is 187 cm³/mol. The Labute approximate surface area is 257 Å². The summed E-state index contributed by atoms with van der Waals surface area (Å²) < 4.78 is 2.36. The highest BCUT2D eigenvalue weighted by Gasteiger charge is 2.11. The SMILES string of the molecule is c1ccc(-c2cccc(Nc3ccc(-c4ccc(-c5ccc(-n6c7ccccc7c7ccccc76)cc5)cc4)cc3)c2)cc1. The average molecular weight is 563 g/mol. The molecule has 0 saturated carbocycles. The third-order valence-electron chi connectivity index (χ3n) is 8.40. The number of rotatable bonds is 6. The number of nitrogens with zero attached hydrogens (tertiary/aromatic N) is 1. The fourth-order valence-corrected chi connectivity index (χ4v) is 6.18. The van der Waals surface area contributed by atoms with Gasteiger partial charge in [0.25, 0.3) is 0 Å². The first-order valence-electron chi connectivity index (χ1n) is 15.0. The first-order valence-corrected chi connectivity index (χ1v) is 15.0. The topological polar surface area (TPSA) is 17.0 Å². The molecule has 0 atom stereocenters. The predicted octanol–water partition coefficient (Wildman–Crippen LogP) is 11.5. The molecule has 8 aromatic rings. The van der Waals surface area contributed by atoms with Crippen LogP contribution in [0.2, 0.25) is 0 Å². The van der Waals surface area contributed by atoms with Gasteiger partial charge in [-0.2, -0.15) is 0 Å². The number of anilines is 2. The normalized spacial score (nSPS) is 11.2. The number of fused-ring (bicyclic) bond motifs is 3. The summed E-state index contributed by atoms with van der Waals surface area (Å²) in [7, 11) is 0. The standard InChI is InChI=1S/C42H30N2/c1-2-9-30(10-3-1)35-11-8-12-37(29-35)43-36-25-21-33(22-26-36)31-17-19-32(20-18-31)34-23-27-38(28-24-34)44-41-15-6-4-13-39(41)40-14-5-7-16-42(40)44/h1-29,43H. The molecule has 2 heteroatoms. The number of nitrogens with one attached hydrogen (secondary N) is 1. The van der Waals surface area contributed by atoms with Crippen LogP contribution in [0.3, 0.4) is 0 Å². The minimum atomic E-state index is 1.07. The van der Waals surface area contributed by atoms with Crippen LogP contribution in [-0.4, -0.2) is 4.57 Å². The van der Waals surface area contributed by atoms with Crippen molar-refractivity contribution in [3.63, 3.8) is 0 Å². The van der Waals surface area contributed by atoms with E-state index < -0.39 is 0 Å². The lowest BCUT2D eigenvalue weighted by molar-refractivity contribution is 1.18. The lowest BCUT2D eigenvalue weighted by Crippen LogP contribution is -1.93. The largest absolute Gasteiger partial charge is 0.356 e. The molecular weight excluding hydrogens is 532 g/mol. The second-order valence-electron chi connectivity index (χ2n) is 11.1. The summed E-state index contributed by atoms with van der Waals surface area (Å²) >= 11 is 0. The van der Waals surface area contributed by atoms with Gasteiger partial charge in [0.05, 0.1) is 11.0 Å². The summed E-state index contributed by atoms with van der Waals surface area (Å²) in [5, 5.41) is 6.12. The molecule has 1 heterocycles. The number of aromatic nitrogens is 1. The molecule has 7 aromatic carbocycles. The van der Waals surface area contributed by atoms with Crippen molar-refractivity contribution < 1.29 is 0 Å². The van der Waals surface area contributed by atoms with Gasteiger partial charge in [-0.15, -0.1) is 0 Å². The van der Waals surface area contributed by atoms with Crippen LogP contribution in [0.1, 0.15) is 0 Å². The Hall–Kier alpha value is -5.86. The van der Waals surface area contributed by atoms with E-state index >= 15 is 0 Å². The van der Waals surface area contributed by atoms with Crippen LogP contribution >= 0.6 is 0 Å². The molecule has 0 bridgehead atoms. The third-order valence-corrected chi connectivity index (χ3v) is 8.40. The van der Waals surface area contributed by atoms with E-state index in [1.807, 2.05) is 6.07 Å². The average Bonchev–Trinajstić information content (AvgIpc) is 3.44. The Morgan fingerprint density at radius 2 is 0.773 bits per heavy atom. The van der Waals surface area contributed by atoms with E-state index in [2.05, 4.69) is 180 Å².